The van der Waals surface area contributed by atoms with Crippen LogP contribution in [0.2, 0.25) is 0 Å². The number of ether oxygens (including phenoxy) is 2. The highest BCUT2D eigenvalue weighted by molar-refractivity contribution is 5.68. The summed E-state index contributed by atoms with van der Waals surface area (Å²) in [6, 6.07) is 14.8. The van der Waals surface area contributed by atoms with Gasteiger partial charge in [0.05, 0.1) is 0 Å². The number of fused-ring (bicyclic) bond motifs is 1. The van der Waals surface area contributed by atoms with E-state index in [9.17, 15) is 0 Å². The molecule has 3 rings (SSSR count). The Morgan fingerprint density at radius 1 is 0.842 bits per heavy atom. The SMILES string of the molecule is CC(C)(C)c1cccc(-c2ccc3c(c2)OCO3)c1. The summed E-state index contributed by atoms with van der Waals surface area (Å²) in [6.07, 6.45) is 0. The first kappa shape index (κ1) is 12.1. The molecule has 0 N–H and O–H groups in total. The van der Waals surface area contributed by atoms with Crippen LogP contribution >= 0.6 is 0 Å². The zero-order chi connectivity index (χ0) is 13.5. The molecule has 2 aromatic carbocycles. The predicted molar refractivity (Wildman–Crippen MR) is 76.7 cm³/mol. The van der Waals surface area contributed by atoms with Gasteiger partial charge in [0.2, 0.25) is 6.79 Å². The van der Waals surface area contributed by atoms with E-state index in [4.69, 9.17) is 9.47 Å². The lowest BCUT2D eigenvalue weighted by Gasteiger charge is -2.19. The van der Waals surface area contributed by atoms with Crippen molar-refractivity contribution in [3.8, 4) is 22.6 Å². The van der Waals surface area contributed by atoms with Crippen LogP contribution in [0.15, 0.2) is 42.5 Å². The lowest BCUT2D eigenvalue weighted by atomic mass is 9.85. The summed E-state index contributed by atoms with van der Waals surface area (Å²) in [5.41, 5.74) is 3.87. The van der Waals surface area contributed by atoms with Crippen LogP contribution in [0.5, 0.6) is 11.5 Å². The molecule has 0 amide bonds. The summed E-state index contributed by atoms with van der Waals surface area (Å²) in [4.78, 5) is 0. The molecule has 1 aliphatic heterocycles. The molecule has 0 saturated carbocycles. The summed E-state index contributed by atoms with van der Waals surface area (Å²) in [7, 11) is 0. The van der Waals surface area contributed by atoms with Gasteiger partial charge >= 0.3 is 0 Å². The molecule has 1 aliphatic rings. The van der Waals surface area contributed by atoms with Crippen LogP contribution in [0.1, 0.15) is 26.3 Å². The zero-order valence-corrected chi connectivity index (χ0v) is 11.6. The van der Waals surface area contributed by atoms with Crippen molar-refractivity contribution in [2.45, 2.75) is 26.2 Å². The largest absolute Gasteiger partial charge is 0.454 e. The second-order valence-corrected chi connectivity index (χ2v) is 5.90. The smallest absolute Gasteiger partial charge is 0.231 e. The Kier molecular flexibility index (Phi) is 2.74. The maximum Gasteiger partial charge on any atom is 0.231 e. The normalized spacial score (nSPS) is 13.6. The topological polar surface area (TPSA) is 18.5 Å². The van der Waals surface area contributed by atoms with Crippen molar-refractivity contribution in [1.29, 1.82) is 0 Å². The van der Waals surface area contributed by atoms with Crippen molar-refractivity contribution >= 4 is 0 Å². The third-order valence-corrected chi connectivity index (χ3v) is 3.43. The van der Waals surface area contributed by atoms with E-state index in [1.165, 1.54) is 11.1 Å². The fourth-order valence-electron chi connectivity index (χ4n) is 2.24. The maximum atomic E-state index is 5.44. The molecule has 0 unspecified atom stereocenters. The van der Waals surface area contributed by atoms with Gasteiger partial charge in [-0.15, -0.1) is 0 Å². The van der Waals surface area contributed by atoms with Gasteiger partial charge in [-0.3, -0.25) is 0 Å². The molecular weight excluding hydrogens is 236 g/mol. The van der Waals surface area contributed by atoms with Gasteiger partial charge in [0, 0.05) is 0 Å². The van der Waals surface area contributed by atoms with E-state index in [-0.39, 0.29) is 5.41 Å². The molecule has 2 heteroatoms. The molecule has 0 radical (unpaired) electrons. The summed E-state index contributed by atoms with van der Waals surface area (Å²) in [5, 5.41) is 0. The van der Waals surface area contributed by atoms with Crippen molar-refractivity contribution in [3.63, 3.8) is 0 Å². The Labute approximate surface area is 114 Å². The predicted octanol–water partition coefficient (Wildman–Crippen LogP) is 4.38. The Morgan fingerprint density at radius 3 is 2.37 bits per heavy atom. The lowest BCUT2D eigenvalue weighted by Crippen LogP contribution is -2.10. The number of rotatable bonds is 1. The fraction of sp³-hybridized carbons (Fsp3) is 0.294. The average Bonchev–Trinajstić information content (AvgIpc) is 2.85. The van der Waals surface area contributed by atoms with Crippen LogP contribution in [0.3, 0.4) is 0 Å². The second-order valence-electron chi connectivity index (χ2n) is 5.90. The number of hydrogen-bond donors (Lipinski definition) is 0. The minimum Gasteiger partial charge on any atom is -0.454 e. The molecule has 0 saturated heterocycles. The molecule has 0 atom stereocenters. The highest BCUT2D eigenvalue weighted by atomic mass is 16.7. The molecule has 98 valence electrons. The van der Waals surface area contributed by atoms with Crippen molar-refractivity contribution in [2.75, 3.05) is 6.79 Å². The third-order valence-electron chi connectivity index (χ3n) is 3.43. The van der Waals surface area contributed by atoms with Crippen molar-refractivity contribution < 1.29 is 9.47 Å². The molecular formula is C17H18O2. The first-order valence-electron chi connectivity index (χ1n) is 6.54. The summed E-state index contributed by atoms with van der Waals surface area (Å²) in [6.45, 7) is 7.00. The van der Waals surface area contributed by atoms with Crippen LogP contribution in [-0.2, 0) is 5.41 Å². The first-order valence-corrected chi connectivity index (χ1v) is 6.54. The number of hydrogen-bond acceptors (Lipinski definition) is 2. The molecule has 0 fully saturated rings. The van der Waals surface area contributed by atoms with E-state index in [0.29, 0.717) is 6.79 Å². The molecule has 0 spiro atoms. The van der Waals surface area contributed by atoms with Crippen LogP contribution in [0.25, 0.3) is 11.1 Å². The van der Waals surface area contributed by atoms with Crippen molar-refractivity contribution in [3.05, 3.63) is 48.0 Å². The lowest BCUT2D eigenvalue weighted by molar-refractivity contribution is 0.174. The highest BCUT2D eigenvalue weighted by Gasteiger charge is 2.16. The fourth-order valence-corrected chi connectivity index (χ4v) is 2.24. The third kappa shape index (κ3) is 2.30. The van der Waals surface area contributed by atoms with Crippen LogP contribution in [0, 0.1) is 0 Å². The van der Waals surface area contributed by atoms with Crippen LogP contribution < -0.4 is 9.47 Å². The zero-order valence-electron chi connectivity index (χ0n) is 11.6. The second kappa shape index (κ2) is 4.30. The summed E-state index contributed by atoms with van der Waals surface area (Å²) in [5.74, 6) is 1.66. The summed E-state index contributed by atoms with van der Waals surface area (Å²) >= 11 is 0. The minimum absolute atomic E-state index is 0.159. The highest BCUT2D eigenvalue weighted by Crippen LogP contribution is 2.36. The van der Waals surface area contributed by atoms with E-state index < -0.39 is 0 Å². The molecule has 2 nitrogen and oxygen atoms in total. The van der Waals surface area contributed by atoms with Crippen molar-refractivity contribution in [2.24, 2.45) is 0 Å². The van der Waals surface area contributed by atoms with Crippen molar-refractivity contribution in [1.82, 2.24) is 0 Å². The van der Waals surface area contributed by atoms with Gasteiger partial charge in [0.25, 0.3) is 0 Å². The van der Waals surface area contributed by atoms with Gasteiger partial charge < -0.3 is 9.47 Å². The molecule has 19 heavy (non-hydrogen) atoms. The Morgan fingerprint density at radius 2 is 1.58 bits per heavy atom. The number of benzene rings is 2. The van der Waals surface area contributed by atoms with Crippen LogP contribution in [0.4, 0.5) is 0 Å². The maximum absolute atomic E-state index is 5.44. The van der Waals surface area contributed by atoms with Gasteiger partial charge in [0.1, 0.15) is 0 Å². The van der Waals surface area contributed by atoms with E-state index in [1.807, 2.05) is 12.1 Å². The first-order chi connectivity index (χ1) is 9.04. The minimum atomic E-state index is 0.159. The standard InChI is InChI=1S/C17H18O2/c1-17(2,3)14-6-4-5-12(9-14)13-7-8-15-16(10-13)19-11-18-15/h4-10H,11H2,1-3H3. The van der Waals surface area contributed by atoms with Gasteiger partial charge in [-0.1, -0.05) is 51.1 Å². The van der Waals surface area contributed by atoms with Gasteiger partial charge in [0.15, 0.2) is 11.5 Å². The quantitative estimate of drug-likeness (QED) is 0.752. The van der Waals surface area contributed by atoms with E-state index >= 15 is 0 Å². The van der Waals surface area contributed by atoms with Crippen LogP contribution in [-0.4, -0.2) is 6.79 Å². The van der Waals surface area contributed by atoms with Gasteiger partial charge in [-0.25, -0.2) is 0 Å². The molecule has 1 heterocycles. The average molecular weight is 254 g/mol. The van der Waals surface area contributed by atoms with E-state index in [0.717, 1.165) is 17.1 Å². The van der Waals surface area contributed by atoms with E-state index in [2.05, 4.69) is 51.1 Å². The van der Waals surface area contributed by atoms with Gasteiger partial charge in [-0.2, -0.15) is 0 Å². The summed E-state index contributed by atoms with van der Waals surface area (Å²) < 4.78 is 10.8. The Balaban J connectivity index is 2.03. The molecule has 0 aromatic heterocycles. The molecule has 0 bridgehead atoms. The van der Waals surface area contributed by atoms with E-state index in [1.54, 1.807) is 0 Å². The van der Waals surface area contributed by atoms with Gasteiger partial charge in [-0.05, 0) is 34.2 Å². The molecule has 2 aromatic rings. The Bertz CT molecular complexity index is 609. The molecule has 0 aliphatic carbocycles. The Hall–Kier alpha value is -1.96. The monoisotopic (exact) mass is 254 g/mol.